The Balaban J connectivity index is 1.63. The molecule has 0 saturated carbocycles. The maximum absolute atomic E-state index is 4.41. The molecule has 0 aliphatic carbocycles. The number of anilines is 1. The lowest BCUT2D eigenvalue weighted by Crippen LogP contribution is -2.21. The fourth-order valence-electron chi connectivity index (χ4n) is 2.10. The molecule has 0 spiro atoms. The Bertz CT molecular complexity index is 719. The summed E-state index contributed by atoms with van der Waals surface area (Å²) < 4.78 is 3.72. The standard InChI is InChI=1S/C16H20N6/c1-16(2,3)22-12-13(11-19-22)10-17-14-4-6-15(7-5-14)21-9-8-18-20-21/h4-9,11-12,17H,10H2,1-3H3. The molecule has 22 heavy (non-hydrogen) atoms. The molecule has 3 aromatic rings. The summed E-state index contributed by atoms with van der Waals surface area (Å²) in [4.78, 5) is 0. The van der Waals surface area contributed by atoms with Crippen LogP contribution in [-0.2, 0) is 12.1 Å². The number of hydrogen-bond acceptors (Lipinski definition) is 4. The minimum absolute atomic E-state index is 0.0116. The SMILES string of the molecule is CC(C)(C)n1cc(CNc2ccc(-n3ccnn3)cc2)cn1. The smallest absolute Gasteiger partial charge is 0.0697 e. The summed E-state index contributed by atoms with van der Waals surface area (Å²) >= 11 is 0. The van der Waals surface area contributed by atoms with Crippen molar-refractivity contribution in [1.29, 1.82) is 0 Å². The van der Waals surface area contributed by atoms with Crippen LogP contribution in [0.5, 0.6) is 0 Å². The van der Waals surface area contributed by atoms with E-state index >= 15 is 0 Å². The molecule has 6 nitrogen and oxygen atoms in total. The van der Waals surface area contributed by atoms with Crippen molar-refractivity contribution in [3.05, 3.63) is 54.6 Å². The van der Waals surface area contributed by atoms with E-state index in [1.807, 2.05) is 41.3 Å². The first kappa shape index (κ1) is 14.3. The number of aromatic nitrogens is 5. The summed E-state index contributed by atoms with van der Waals surface area (Å²) in [6.07, 6.45) is 7.47. The molecule has 0 saturated heterocycles. The van der Waals surface area contributed by atoms with Gasteiger partial charge < -0.3 is 5.32 Å². The van der Waals surface area contributed by atoms with Gasteiger partial charge in [0.2, 0.25) is 0 Å². The Morgan fingerprint density at radius 3 is 2.50 bits per heavy atom. The monoisotopic (exact) mass is 296 g/mol. The van der Waals surface area contributed by atoms with Crippen LogP contribution in [0.15, 0.2) is 49.1 Å². The van der Waals surface area contributed by atoms with E-state index in [1.54, 1.807) is 10.9 Å². The molecule has 0 amide bonds. The fraction of sp³-hybridized carbons (Fsp3) is 0.312. The third-order valence-electron chi connectivity index (χ3n) is 3.37. The molecule has 0 bridgehead atoms. The van der Waals surface area contributed by atoms with E-state index in [4.69, 9.17) is 0 Å². The lowest BCUT2D eigenvalue weighted by atomic mass is 10.1. The lowest BCUT2D eigenvalue weighted by molar-refractivity contribution is 0.355. The minimum Gasteiger partial charge on any atom is -0.381 e. The van der Waals surface area contributed by atoms with Crippen molar-refractivity contribution in [2.24, 2.45) is 0 Å². The van der Waals surface area contributed by atoms with Crippen molar-refractivity contribution in [2.75, 3.05) is 5.32 Å². The van der Waals surface area contributed by atoms with E-state index < -0.39 is 0 Å². The van der Waals surface area contributed by atoms with Crippen molar-refractivity contribution < 1.29 is 0 Å². The van der Waals surface area contributed by atoms with Crippen molar-refractivity contribution in [3.8, 4) is 5.69 Å². The molecule has 0 fully saturated rings. The first-order chi connectivity index (χ1) is 10.5. The van der Waals surface area contributed by atoms with E-state index in [-0.39, 0.29) is 5.54 Å². The Hall–Kier alpha value is -2.63. The molecule has 0 aliphatic rings. The highest BCUT2D eigenvalue weighted by molar-refractivity contribution is 5.48. The second-order valence-electron chi connectivity index (χ2n) is 6.21. The summed E-state index contributed by atoms with van der Waals surface area (Å²) in [5.74, 6) is 0. The zero-order valence-electron chi connectivity index (χ0n) is 13.1. The number of benzene rings is 1. The predicted molar refractivity (Wildman–Crippen MR) is 85.9 cm³/mol. The Kier molecular flexibility index (Phi) is 3.66. The number of nitrogens with zero attached hydrogens (tertiary/aromatic N) is 5. The maximum atomic E-state index is 4.41. The van der Waals surface area contributed by atoms with Crippen molar-refractivity contribution in [3.63, 3.8) is 0 Å². The van der Waals surface area contributed by atoms with Crippen molar-refractivity contribution in [2.45, 2.75) is 32.9 Å². The molecule has 1 N–H and O–H groups in total. The molecule has 1 aromatic carbocycles. The van der Waals surface area contributed by atoms with Gasteiger partial charge in [0.1, 0.15) is 0 Å². The first-order valence-corrected chi connectivity index (χ1v) is 7.27. The van der Waals surface area contributed by atoms with E-state index in [9.17, 15) is 0 Å². The molecule has 114 valence electrons. The third-order valence-corrected chi connectivity index (χ3v) is 3.37. The highest BCUT2D eigenvalue weighted by Crippen LogP contribution is 2.16. The van der Waals surface area contributed by atoms with Gasteiger partial charge in [0.05, 0.1) is 29.8 Å². The van der Waals surface area contributed by atoms with Crippen LogP contribution in [0.2, 0.25) is 0 Å². The predicted octanol–water partition coefficient (Wildman–Crippen LogP) is 2.83. The summed E-state index contributed by atoms with van der Waals surface area (Å²) in [5.41, 5.74) is 3.23. The lowest BCUT2D eigenvalue weighted by Gasteiger charge is -2.18. The van der Waals surface area contributed by atoms with Crippen LogP contribution in [0.1, 0.15) is 26.3 Å². The van der Waals surface area contributed by atoms with Gasteiger partial charge in [0.25, 0.3) is 0 Å². The Labute approximate surface area is 129 Å². The second kappa shape index (κ2) is 5.63. The molecule has 0 atom stereocenters. The molecule has 2 aromatic heterocycles. The first-order valence-electron chi connectivity index (χ1n) is 7.27. The van der Waals surface area contributed by atoms with Gasteiger partial charge in [-0.2, -0.15) is 5.10 Å². The van der Waals surface area contributed by atoms with Crippen LogP contribution in [0.25, 0.3) is 5.69 Å². The molecular weight excluding hydrogens is 276 g/mol. The summed E-state index contributed by atoms with van der Waals surface area (Å²) in [5, 5.41) is 15.6. The summed E-state index contributed by atoms with van der Waals surface area (Å²) in [6.45, 7) is 7.17. The number of rotatable bonds is 4. The van der Waals surface area contributed by atoms with Crippen LogP contribution in [0, 0.1) is 0 Å². The molecule has 0 aliphatic heterocycles. The van der Waals surface area contributed by atoms with E-state index in [0.29, 0.717) is 0 Å². The van der Waals surface area contributed by atoms with Crippen molar-refractivity contribution in [1.82, 2.24) is 24.8 Å². The number of nitrogens with one attached hydrogen (secondary N) is 1. The Morgan fingerprint density at radius 2 is 1.91 bits per heavy atom. The highest BCUT2D eigenvalue weighted by atomic mass is 15.4. The molecule has 3 rings (SSSR count). The highest BCUT2D eigenvalue weighted by Gasteiger charge is 2.13. The maximum Gasteiger partial charge on any atom is 0.0697 e. The van der Waals surface area contributed by atoms with Crippen LogP contribution in [-0.4, -0.2) is 24.8 Å². The Morgan fingerprint density at radius 1 is 1.14 bits per heavy atom. The summed E-state index contributed by atoms with van der Waals surface area (Å²) in [6, 6.07) is 8.08. The summed E-state index contributed by atoms with van der Waals surface area (Å²) in [7, 11) is 0. The topological polar surface area (TPSA) is 60.6 Å². The third kappa shape index (κ3) is 3.16. The quantitative estimate of drug-likeness (QED) is 0.804. The fourth-order valence-corrected chi connectivity index (χ4v) is 2.10. The normalized spacial score (nSPS) is 11.6. The van der Waals surface area contributed by atoms with Crippen LogP contribution >= 0.6 is 0 Å². The molecule has 0 unspecified atom stereocenters. The average Bonchev–Trinajstić information content (AvgIpc) is 3.16. The van der Waals surface area contributed by atoms with E-state index in [1.165, 1.54) is 0 Å². The zero-order valence-corrected chi connectivity index (χ0v) is 13.1. The molecule has 0 radical (unpaired) electrons. The van der Waals surface area contributed by atoms with Gasteiger partial charge in [0.15, 0.2) is 0 Å². The van der Waals surface area contributed by atoms with Gasteiger partial charge >= 0.3 is 0 Å². The van der Waals surface area contributed by atoms with Gasteiger partial charge in [-0.15, -0.1) is 5.10 Å². The van der Waals surface area contributed by atoms with Crippen LogP contribution in [0.4, 0.5) is 5.69 Å². The molecule has 2 heterocycles. The van der Waals surface area contributed by atoms with Gasteiger partial charge in [-0.05, 0) is 45.0 Å². The van der Waals surface area contributed by atoms with Gasteiger partial charge in [-0.3, -0.25) is 4.68 Å². The average molecular weight is 296 g/mol. The van der Waals surface area contributed by atoms with E-state index in [0.717, 1.165) is 23.5 Å². The van der Waals surface area contributed by atoms with Crippen LogP contribution in [0.3, 0.4) is 0 Å². The van der Waals surface area contributed by atoms with E-state index in [2.05, 4.69) is 47.7 Å². The van der Waals surface area contributed by atoms with Crippen molar-refractivity contribution >= 4 is 5.69 Å². The van der Waals surface area contributed by atoms with Gasteiger partial charge in [-0.25, -0.2) is 4.68 Å². The van der Waals surface area contributed by atoms with Gasteiger partial charge in [0, 0.05) is 24.0 Å². The zero-order chi connectivity index (χ0) is 15.6. The van der Waals surface area contributed by atoms with Gasteiger partial charge in [-0.1, -0.05) is 5.21 Å². The largest absolute Gasteiger partial charge is 0.381 e. The second-order valence-corrected chi connectivity index (χ2v) is 6.21. The molecular formula is C16H20N6. The van der Waals surface area contributed by atoms with Crippen LogP contribution < -0.4 is 5.32 Å². The number of hydrogen-bond donors (Lipinski definition) is 1. The minimum atomic E-state index is 0.0116. The molecule has 6 heteroatoms.